The first-order chi connectivity index (χ1) is 17.4. The molecule has 0 unspecified atom stereocenters. The van der Waals surface area contributed by atoms with Crippen molar-refractivity contribution in [2.75, 3.05) is 51.8 Å². The lowest BCUT2D eigenvalue weighted by atomic mass is 10.1. The zero-order valence-electron chi connectivity index (χ0n) is 20.3. The van der Waals surface area contributed by atoms with E-state index in [1.807, 2.05) is 12.1 Å². The van der Waals surface area contributed by atoms with Gasteiger partial charge in [-0.2, -0.15) is 0 Å². The molecular formula is C26H29N3O7. The summed E-state index contributed by atoms with van der Waals surface area (Å²) in [5.74, 6) is -0.817. The molecule has 1 N–H and O–H groups in total. The number of carbonyl (C=O) groups excluding carboxylic acids is 4. The van der Waals surface area contributed by atoms with E-state index in [-0.39, 0.29) is 23.8 Å². The van der Waals surface area contributed by atoms with Crippen molar-refractivity contribution < 1.29 is 33.4 Å². The average molecular weight is 496 g/mol. The minimum absolute atomic E-state index is 0.128. The highest BCUT2D eigenvalue weighted by Gasteiger charge is 2.25. The number of ether oxygens (including phenoxy) is 3. The van der Waals surface area contributed by atoms with E-state index >= 15 is 0 Å². The van der Waals surface area contributed by atoms with Gasteiger partial charge < -0.3 is 29.3 Å². The number of benzene rings is 2. The highest BCUT2D eigenvalue weighted by molar-refractivity contribution is 6.06. The molecule has 1 saturated heterocycles. The van der Waals surface area contributed by atoms with Crippen molar-refractivity contribution in [2.45, 2.75) is 6.92 Å². The van der Waals surface area contributed by atoms with E-state index in [0.717, 1.165) is 5.56 Å². The van der Waals surface area contributed by atoms with Gasteiger partial charge in [0, 0.05) is 32.3 Å². The average Bonchev–Trinajstić information content (AvgIpc) is 2.91. The van der Waals surface area contributed by atoms with Crippen LogP contribution in [0, 0.1) is 0 Å². The van der Waals surface area contributed by atoms with E-state index in [1.54, 1.807) is 50.4 Å². The van der Waals surface area contributed by atoms with E-state index in [4.69, 9.17) is 14.2 Å². The van der Waals surface area contributed by atoms with Crippen molar-refractivity contribution in [3.63, 3.8) is 0 Å². The van der Waals surface area contributed by atoms with Crippen LogP contribution >= 0.6 is 0 Å². The second-order valence-electron chi connectivity index (χ2n) is 7.78. The Labute approximate surface area is 209 Å². The van der Waals surface area contributed by atoms with Gasteiger partial charge in [-0.3, -0.25) is 9.59 Å². The number of para-hydroxylation sites is 1. The molecular weight excluding hydrogens is 466 g/mol. The minimum Gasteiger partial charge on any atom is -0.497 e. The van der Waals surface area contributed by atoms with Crippen LogP contribution in [0.25, 0.3) is 6.08 Å². The van der Waals surface area contributed by atoms with Crippen molar-refractivity contribution in [3.05, 3.63) is 65.7 Å². The molecule has 3 rings (SSSR count). The van der Waals surface area contributed by atoms with Gasteiger partial charge in [0.05, 0.1) is 25.0 Å². The smallest absolute Gasteiger partial charge is 0.409 e. The van der Waals surface area contributed by atoms with Crippen molar-refractivity contribution in [2.24, 2.45) is 0 Å². The van der Waals surface area contributed by atoms with Crippen molar-refractivity contribution in [1.82, 2.24) is 9.80 Å². The van der Waals surface area contributed by atoms with Crippen LogP contribution in [0.4, 0.5) is 10.5 Å². The molecule has 0 atom stereocenters. The summed E-state index contributed by atoms with van der Waals surface area (Å²) in [6.07, 6.45) is 2.58. The molecule has 1 fully saturated rings. The van der Waals surface area contributed by atoms with Crippen molar-refractivity contribution in [3.8, 4) is 5.75 Å². The molecule has 0 spiro atoms. The van der Waals surface area contributed by atoms with Gasteiger partial charge in [0.1, 0.15) is 5.75 Å². The number of amides is 3. The summed E-state index contributed by atoms with van der Waals surface area (Å²) < 4.78 is 15.3. The van der Waals surface area contributed by atoms with E-state index < -0.39 is 24.6 Å². The number of rotatable bonds is 8. The largest absolute Gasteiger partial charge is 0.497 e. The molecule has 2 aromatic rings. The Kier molecular flexibility index (Phi) is 9.44. The van der Waals surface area contributed by atoms with Gasteiger partial charge in [0.15, 0.2) is 6.61 Å². The fourth-order valence-corrected chi connectivity index (χ4v) is 3.48. The quantitative estimate of drug-likeness (QED) is 0.442. The Morgan fingerprint density at radius 3 is 2.25 bits per heavy atom. The molecule has 2 aromatic carbocycles. The first kappa shape index (κ1) is 26.3. The molecule has 0 radical (unpaired) electrons. The van der Waals surface area contributed by atoms with Gasteiger partial charge in [-0.15, -0.1) is 0 Å². The van der Waals surface area contributed by atoms with Gasteiger partial charge in [-0.05, 0) is 42.8 Å². The summed E-state index contributed by atoms with van der Waals surface area (Å²) in [5.41, 5.74) is 1.20. The maximum absolute atomic E-state index is 12.6. The lowest BCUT2D eigenvalue weighted by Gasteiger charge is -2.33. The summed E-state index contributed by atoms with van der Waals surface area (Å²) in [5, 5.41) is 2.67. The zero-order valence-corrected chi connectivity index (χ0v) is 20.3. The number of nitrogens with one attached hydrogen (secondary N) is 1. The molecule has 1 aliphatic rings. The monoisotopic (exact) mass is 495 g/mol. The maximum Gasteiger partial charge on any atom is 0.409 e. The number of hydrogen-bond donors (Lipinski definition) is 1. The van der Waals surface area contributed by atoms with Crippen LogP contribution in [-0.2, 0) is 19.1 Å². The first-order valence-electron chi connectivity index (χ1n) is 11.5. The second kappa shape index (κ2) is 12.9. The highest BCUT2D eigenvalue weighted by atomic mass is 16.6. The normalized spacial score (nSPS) is 13.3. The predicted octanol–water partition coefficient (Wildman–Crippen LogP) is 2.80. The van der Waals surface area contributed by atoms with Crippen molar-refractivity contribution in [1.29, 1.82) is 0 Å². The molecule has 0 aliphatic carbocycles. The SMILES string of the molecule is CCOC(=O)N1CCN(C(=O)COC(=O)c2ccccc2NC(=O)/C=C/c2ccc(OC)cc2)CC1. The van der Waals surface area contributed by atoms with E-state index in [1.165, 1.54) is 21.9 Å². The van der Waals surface area contributed by atoms with E-state index in [2.05, 4.69) is 5.32 Å². The van der Waals surface area contributed by atoms with Crippen LogP contribution in [-0.4, -0.2) is 80.2 Å². The molecule has 1 heterocycles. The number of esters is 1. The Bertz CT molecular complexity index is 1110. The number of anilines is 1. The molecule has 10 nitrogen and oxygen atoms in total. The summed E-state index contributed by atoms with van der Waals surface area (Å²) in [4.78, 5) is 52.4. The highest BCUT2D eigenvalue weighted by Crippen LogP contribution is 2.17. The lowest BCUT2D eigenvalue weighted by Crippen LogP contribution is -2.51. The van der Waals surface area contributed by atoms with Gasteiger partial charge >= 0.3 is 12.1 Å². The number of carbonyl (C=O) groups is 4. The van der Waals surface area contributed by atoms with Crippen LogP contribution in [0.2, 0.25) is 0 Å². The van der Waals surface area contributed by atoms with Crippen molar-refractivity contribution >= 4 is 35.6 Å². The zero-order chi connectivity index (χ0) is 25.9. The number of piperazine rings is 1. The lowest BCUT2D eigenvalue weighted by molar-refractivity contribution is -0.136. The Morgan fingerprint density at radius 2 is 1.58 bits per heavy atom. The molecule has 0 bridgehead atoms. The van der Waals surface area contributed by atoms with Gasteiger partial charge in [-0.1, -0.05) is 24.3 Å². The topological polar surface area (TPSA) is 114 Å². The summed E-state index contributed by atoms with van der Waals surface area (Å²) in [6, 6.07) is 13.6. The summed E-state index contributed by atoms with van der Waals surface area (Å²) >= 11 is 0. The van der Waals surface area contributed by atoms with E-state index in [9.17, 15) is 19.2 Å². The molecule has 10 heteroatoms. The fraction of sp³-hybridized carbons (Fsp3) is 0.308. The van der Waals surface area contributed by atoms with Crippen LogP contribution in [0.3, 0.4) is 0 Å². The Balaban J connectivity index is 1.52. The van der Waals surface area contributed by atoms with Crippen LogP contribution in [0.5, 0.6) is 5.75 Å². The molecule has 0 saturated carbocycles. The number of hydrogen-bond acceptors (Lipinski definition) is 7. The summed E-state index contributed by atoms with van der Waals surface area (Å²) in [6.45, 7) is 2.90. The third kappa shape index (κ3) is 7.33. The van der Waals surface area contributed by atoms with Gasteiger partial charge in [0.25, 0.3) is 5.91 Å². The second-order valence-corrected chi connectivity index (χ2v) is 7.78. The number of methoxy groups -OCH3 is 1. The van der Waals surface area contributed by atoms with Gasteiger partial charge in [-0.25, -0.2) is 9.59 Å². The third-order valence-corrected chi connectivity index (χ3v) is 5.43. The minimum atomic E-state index is -0.733. The Hall–Kier alpha value is -4.34. The molecule has 1 aliphatic heterocycles. The van der Waals surface area contributed by atoms with Gasteiger partial charge in [0.2, 0.25) is 5.91 Å². The fourth-order valence-electron chi connectivity index (χ4n) is 3.48. The van der Waals surface area contributed by atoms with Crippen LogP contribution in [0.15, 0.2) is 54.6 Å². The summed E-state index contributed by atoms with van der Waals surface area (Å²) in [7, 11) is 1.57. The molecule has 190 valence electrons. The molecule has 3 amide bonds. The molecule has 0 aromatic heterocycles. The Morgan fingerprint density at radius 1 is 0.917 bits per heavy atom. The van der Waals surface area contributed by atoms with E-state index in [0.29, 0.717) is 31.9 Å². The standard InChI is InChI=1S/C26H29N3O7/c1-3-35-26(33)29-16-14-28(15-17-29)24(31)18-36-25(32)21-6-4-5-7-22(21)27-23(30)13-10-19-8-11-20(34-2)12-9-19/h4-13H,3,14-18H2,1-2H3,(H,27,30)/b13-10+. The predicted molar refractivity (Wildman–Crippen MR) is 133 cm³/mol. The first-order valence-corrected chi connectivity index (χ1v) is 11.5. The maximum atomic E-state index is 12.6. The van der Waals surface area contributed by atoms with Crippen LogP contribution in [0.1, 0.15) is 22.8 Å². The third-order valence-electron chi connectivity index (χ3n) is 5.43. The number of nitrogens with zero attached hydrogens (tertiary/aromatic N) is 2. The molecule has 36 heavy (non-hydrogen) atoms. The van der Waals surface area contributed by atoms with Crippen LogP contribution < -0.4 is 10.1 Å².